The maximum absolute atomic E-state index is 13.2. The minimum absolute atomic E-state index is 0.160. The number of hydrogen-bond acceptors (Lipinski definition) is 2. The van der Waals surface area contributed by atoms with Crippen LogP contribution in [0.4, 0.5) is 4.39 Å². The zero-order valence-corrected chi connectivity index (χ0v) is 10.9. The normalized spacial score (nSPS) is 12.7. The van der Waals surface area contributed by atoms with Crippen molar-refractivity contribution in [2.45, 2.75) is 32.7 Å². The van der Waals surface area contributed by atoms with Gasteiger partial charge in [-0.05, 0) is 49.6 Å². The fourth-order valence-corrected chi connectivity index (χ4v) is 1.95. The van der Waals surface area contributed by atoms with E-state index in [1.54, 1.807) is 13.2 Å². The summed E-state index contributed by atoms with van der Waals surface area (Å²) >= 11 is 0. The maximum atomic E-state index is 13.2. The number of hydrogen-bond donors (Lipinski definition) is 1. The number of nitrogens with one attached hydrogen (secondary N) is 1. The molecule has 1 unspecified atom stereocenters. The Kier molecular flexibility index (Phi) is 6.16. The molecule has 0 saturated carbocycles. The fraction of sp³-hybridized carbons (Fsp3) is 0.571. The van der Waals surface area contributed by atoms with E-state index in [2.05, 4.69) is 12.2 Å². The second kappa shape index (κ2) is 7.41. The number of benzene rings is 1. The van der Waals surface area contributed by atoms with Crippen LogP contribution in [0.3, 0.4) is 0 Å². The smallest absolute Gasteiger partial charge is 0.123 e. The predicted octanol–water partition coefficient (Wildman–Crippen LogP) is 2.69. The average molecular weight is 239 g/mol. The topological polar surface area (TPSA) is 21.3 Å². The first-order chi connectivity index (χ1) is 8.17. The highest BCUT2D eigenvalue weighted by molar-refractivity contribution is 5.27. The van der Waals surface area contributed by atoms with Crippen molar-refractivity contribution in [2.24, 2.45) is 0 Å². The molecular formula is C14H22FNO. The first kappa shape index (κ1) is 14.1. The van der Waals surface area contributed by atoms with Crippen LogP contribution in [0.1, 0.15) is 24.5 Å². The van der Waals surface area contributed by atoms with Crippen LogP contribution in [-0.4, -0.2) is 26.3 Å². The lowest BCUT2D eigenvalue weighted by Crippen LogP contribution is -2.32. The van der Waals surface area contributed by atoms with Gasteiger partial charge in [0.15, 0.2) is 0 Å². The molecule has 0 aliphatic heterocycles. The van der Waals surface area contributed by atoms with E-state index in [1.807, 2.05) is 13.0 Å². The Hall–Kier alpha value is -0.930. The monoisotopic (exact) mass is 239 g/mol. The van der Waals surface area contributed by atoms with Crippen molar-refractivity contribution < 1.29 is 9.13 Å². The SMILES string of the molecule is CCNC(CCOC)Cc1cc(F)ccc1C. The van der Waals surface area contributed by atoms with Crippen LogP contribution in [0.2, 0.25) is 0 Å². The van der Waals surface area contributed by atoms with E-state index in [9.17, 15) is 4.39 Å². The van der Waals surface area contributed by atoms with E-state index in [0.29, 0.717) is 6.04 Å². The number of aryl methyl sites for hydroxylation is 1. The molecule has 0 fully saturated rings. The van der Waals surface area contributed by atoms with Gasteiger partial charge in [-0.25, -0.2) is 4.39 Å². The van der Waals surface area contributed by atoms with Crippen molar-refractivity contribution in [1.29, 1.82) is 0 Å². The Balaban J connectivity index is 2.67. The van der Waals surface area contributed by atoms with Crippen LogP contribution in [0.15, 0.2) is 18.2 Å². The molecule has 0 radical (unpaired) electrons. The molecule has 2 nitrogen and oxygen atoms in total. The molecule has 1 rings (SSSR count). The summed E-state index contributed by atoms with van der Waals surface area (Å²) in [6.07, 6.45) is 1.79. The van der Waals surface area contributed by atoms with Gasteiger partial charge in [-0.2, -0.15) is 0 Å². The van der Waals surface area contributed by atoms with Gasteiger partial charge in [0.25, 0.3) is 0 Å². The van der Waals surface area contributed by atoms with E-state index < -0.39 is 0 Å². The first-order valence-electron chi connectivity index (χ1n) is 6.14. The number of halogens is 1. The lowest BCUT2D eigenvalue weighted by Gasteiger charge is -2.18. The lowest BCUT2D eigenvalue weighted by molar-refractivity contribution is 0.183. The molecule has 3 heteroatoms. The summed E-state index contributed by atoms with van der Waals surface area (Å²) in [4.78, 5) is 0. The zero-order valence-electron chi connectivity index (χ0n) is 10.9. The number of rotatable bonds is 7. The molecule has 0 aromatic heterocycles. The van der Waals surface area contributed by atoms with Crippen molar-refractivity contribution in [3.63, 3.8) is 0 Å². The molecule has 0 aliphatic rings. The van der Waals surface area contributed by atoms with Gasteiger partial charge >= 0.3 is 0 Å². The summed E-state index contributed by atoms with van der Waals surface area (Å²) in [5.74, 6) is -0.160. The van der Waals surface area contributed by atoms with Crippen LogP contribution >= 0.6 is 0 Å². The second-order valence-corrected chi connectivity index (χ2v) is 4.31. The molecule has 1 aromatic carbocycles. The molecule has 0 amide bonds. The van der Waals surface area contributed by atoms with Crippen LogP contribution in [-0.2, 0) is 11.2 Å². The third kappa shape index (κ3) is 4.84. The minimum Gasteiger partial charge on any atom is -0.385 e. The summed E-state index contributed by atoms with van der Waals surface area (Å²) < 4.78 is 18.3. The molecule has 17 heavy (non-hydrogen) atoms. The van der Waals surface area contributed by atoms with Crippen molar-refractivity contribution in [1.82, 2.24) is 5.32 Å². The molecule has 1 atom stereocenters. The van der Waals surface area contributed by atoms with Crippen molar-refractivity contribution in [3.8, 4) is 0 Å². The average Bonchev–Trinajstić information content (AvgIpc) is 2.31. The number of likely N-dealkylation sites (N-methyl/N-ethyl adjacent to an activating group) is 1. The first-order valence-corrected chi connectivity index (χ1v) is 6.14. The molecule has 0 heterocycles. The third-order valence-electron chi connectivity index (χ3n) is 2.94. The molecule has 1 N–H and O–H groups in total. The summed E-state index contributed by atoms with van der Waals surface area (Å²) in [5, 5.41) is 3.41. The highest BCUT2D eigenvalue weighted by atomic mass is 19.1. The maximum Gasteiger partial charge on any atom is 0.123 e. The lowest BCUT2D eigenvalue weighted by atomic mass is 9.99. The minimum atomic E-state index is -0.160. The van der Waals surface area contributed by atoms with Gasteiger partial charge in [0, 0.05) is 19.8 Å². The number of ether oxygens (including phenoxy) is 1. The van der Waals surface area contributed by atoms with E-state index in [-0.39, 0.29) is 5.82 Å². The fourth-order valence-electron chi connectivity index (χ4n) is 1.95. The van der Waals surface area contributed by atoms with Gasteiger partial charge in [-0.3, -0.25) is 0 Å². The van der Waals surface area contributed by atoms with E-state index in [0.717, 1.165) is 37.1 Å². The summed E-state index contributed by atoms with van der Waals surface area (Å²) in [6.45, 7) is 5.75. The Morgan fingerprint density at radius 3 is 2.82 bits per heavy atom. The second-order valence-electron chi connectivity index (χ2n) is 4.31. The Labute approximate surface area is 103 Å². The zero-order chi connectivity index (χ0) is 12.7. The highest BCUT2D eigenvalue weighted by Gasteiger charge is 2.10. The molecule has 0 bridgehead atoms. The Morgan fingerprint density at radius 1 is 1.41 bits per heavy atom. The molecule has 96 valence electrons. The van der Waals surface area contributed by atoms with E-state index in [1.165, 1.54) is 6.07 Å². The molecular weight excluding hydrogens is 217 g/mol. The van der Waals surface area contributed by atoms with E-state index in [4.69, 9.17) is 4.74 Å². The van der Waals surface area contributed by atoms with Gasteiger partial charge < -0.3 is 10.1 Å². The summed E-state index contributed by atoms with van der Waals surface area (Å²) in [6, 6.07) is 5.33. The molecule has 0 aliphatic carbocycles. The van der Waals surface area contributed by atoms with Gasteiger partial charge in [-0.1, -0.05) is 13.0 Å². The Bertz CT molecular complexity index is 341. The molecule has 1 aromatic rings. The van der Waals surface area contributed by atoms with Gasteiger partial charge in [-0.15, -0.1) is 0 Å². The predicted molar refractivity (Wildman–Crippen MR) is 68.8 cm³/mol. The van der Waals surface area contributed by atoms with Crippen molar-refractivity contribution in [3.05, 3.63) is 35.1 Å². The van der Waals surface area contributed by atoms with Gasteiger partial charge in [0.1, 0.15) is 5.82 Å². The largest absolute Gasteiger partial charge is 0.385 e. The van der Waals surface area contributed by atoms with Crippen LogP contribution < -0.4 is 5.32 Å². The van der Waals surface area contributed by atoms with Gasteiger partial charge in [0.2, 0.25) is 0 Å². The highest BCUT2D eigenvalue weighted by Crippen LogP contribution is 2.13. The van der Waals surface area contributed by atoms with Crippen molar-refractivity contribution in [2.75, 3.05) is 20.3 Å². The summed E-state index contributed by atoms with van der Waals surface area (Å²) in [5.41, 5.74) is 2.22. The summed E-state index contributed by atoms with van der Waals surface area (Å²) in [7, 11) is 1.70. The third-order valence-corrected chi connectivity index (χ3v) is 2.94. The van der Waals surface area contributed by atoms with Gasteiger partial charge in [0.05, 0.1) is 0 Å². The number of methoxy groups -OCH3 is 1. The van der Waals surface area contributed by atoms with Crippen LogP contribution in [0, 0.1) is 12.7 Å². The molecule has 0 spiro atoms. The standard InChI is InChI=1S/C14H22FNO/c1-4-16-14(7-8-17-3)10-12-9-13(15)6-5-11(12)2/h5-6,9,14,16H,4,7-8,10H2,1-3H3. The quantitative estimate of drug-likeness (QED) is 0.790. The Morgan fingerprint density at radius 2 is 2.18 bits per heavy atom. The van der Waals surface area contributed by atoms with Crippen LogP contribution in [0.25, 0.3) is 0 Å². The van der Waals surface area contributed by atoms with Crippen LogP contribution in [0.5, 0.6) is 0 Å². The molecule has 0 saturated heterocycles. The van der Waals surface area contributed by atoms with Crippen molar-refractivity contribution >= 4 is 0 Å². The van der Waals surface area contributed by atoms with E-state index >= 15 is 0 Å².